The van der Waals surface area contributed by atoms with Gasteiger partial charge in [-0.15, -0.1) is 0 Å². The molecule has 1 N–H and O–H groups in total. The van der Waals surface area contributed by atoms with Crippen LogP contribution in [-0.4, -0.2) is 36.1 Å². The van der Waals surface area contributed by atoms with Gasteiger partial charge in [-0.3, -0.25) is 0 Å². The summed E-state index contributed by atoms with van der Waals surface area (Å²) in [7, 11) is 0. The molecule has 1 aromatic heterocycles. The second-order valence-electron chi connectivity index (χ2n) is 5.89. The number of nitrogens with zero attached hydrogens (tertiary/aromatic N) is 2. The lowest BCUT2D eigenvalue weighted by Gasteiger charge is -2.19. The predicted octanol–water partition coefficient (Wildman–Crippen LogP) is 4.66. The number of rotatable bonds is 7. The summed E-state index contributed by atoms with van der Waals surface area (Å²) < 4.78 is 0. The van der Waals surface area contributed by atoms with E-state index in [4.69, 9.17) is 4.98 Å². The Balaban J connectivity index is 1.90. The highest BCUT2D eigenvalue weighted by Crippen LogP contribution is 2.28. The van der Waals surface area contributed by atoms with Crippen LogP contribution in [0.5, 0.6) is 0 Å². The van der Waals surface area contributed by atoms with Crippen molar-refractivity contribution in [3.63, 3.8) is 0 Å². The van der Waals surface area contributed by atoms with Crippen molar-refractivity contribution in [1.82, 2.24) is 9.88 Å². The van der Waals surface area contributed by atoms with Crippen LogP contribution in [0.25, 0.3) is 22.2 Å². The maximum absolute atomic E-state index is 4.83. The van der Waals surface area contributed by atoms with Crippen LogP contribution in [0.4, 0.5) is 5.69 Å². The molecule has 3 heteroatoms. The summed E-state index contributed by atoms with van der Waals surface area (Å²) >= 11 is 0. The maximum atomic E-state index is 4.83. The zero-order valence-electron chi connectivity index (χ0n) is 14.5. The smallest absolute Gasteiger partial charge is 0.0730 e. The lowest BCUT2D eigenvalue weighted by molar-refractivity contribution is 0.316. The van der Waals surface area contributed by atoms with E-state index in [0.717, 1.165) is 48.6 Å². The van der Waals surface area contributed by atoms with Crippen LogP contribution < -0.4 is 5.32 Å². The molecular formula is C21H25N3. The number of nitrogens with one attached hydrogen (secondary N) is 1. The van der Waals surface area contributed by atoms with E-state index in [1.165, 1.54) is 5.39 Å². The van der Waals surface area contributed by atoms with Gasteiger partial charge in [0.1, 0.15) is 0 Å². The molecule has 0 amide bonds. The fourth-order valence-electron chi connectivity index (χ4n) is 2.97. The minimum Gasteiger partial charge on any atom is -0.383 e. The molecular weight excluding hydrogens is 294 g/mol. The van der Waals surface area contributed by atoms with Crippen molar-refractivity contribution in [2.24, 2.45) is 0 Å². The van der Waals surface area contributed by atoms with Crippen LogP contribution in [0.1, 0.15) is 13.8 Å². The summed E-state index contributed by atoms with van der Waals surface area (Å²) in [6.45, 7) is 8.57. The van der Waals surface area contributed by atoms with Gasteiger partial charge in [0.25, 0.3) is 0 Å². The Morgan fingerprint density at radius 1 is 0.917 bits per heavy atom. The van der Waals surface area contributed by atoms with Crippen LogP contribution in [0, 0.1) is 0 Å². The number of pyridine rings is 1. The molecule has 0 aliphatic carbocycles. The van der Waals surface area contributed by atoms with Gasteiger partial charge in [-0.1, -0.05) is 62.4 Å². The number of likely N-dealkylation sites (N-methyl/N-ethyl adjacent to an activating group) is 1. The first-order valence-corrected chi connectivity index (χ1v) is 8.73. The minimum atomic E-state index is 0.934. The SMILES string of the molecule is CCN(CC)CCNc1cc(-c2ccccc2)nc2ccccc12. The quantitative estimate of drug-likeness (QED) is 0.687. The van der Waals surface area contributed by atoms with Crippen molar-refractivity contribution in [3.8, 4) is 11.3 Å². The molecule has 3 rings (SSSR count). The van der Waals surface area contributed by atoms with Crippen LogP contribution in [0.3, 0.4) is 0 Å². The molecule has 1 heterocycles. The van der Waals surface area contributed by atoms with Gasteiger partial charge in [0.2, 0.25) is 0 Å². The van der Waals surface area contributed by atoms with Gasteiger partial charge >= 0.3 is 0 Å². The third-order valence-corrected chi connectivity index (χ3v) is 4.42. The molecule has 0 aliphatic rings. The Hall–Kier alpha value is -2.39. The van der Waals surface area contributed by atoms with Crippen molar-refractivity contribution in [3.05, 3.63) is 60.7 Å². The maximum Gasteiger partial charge on any atom is 0.0730 e. The Labute approximate surface area is 144 Å². The Kier molecular flexibility index (Phi) is 5.44. The van der Waals surface area contributed by atoms with Crippen molar-refractivity contribution >= 4 is 16.6 Å². The van der Waals surface area contributed by atoms with E-state index in [9.17, 15) is 0 Å². The predicted molar refractivity (Wildman–Crippen MR) is 103 cm³/mol. The van der Waals surface area contributed by atoms with Crippen LogP contribution >= 0.6 is 0 Å². The molecule has 3 nitrogen and oxygen atoms in total. The highest BCUT2D eigenvalue weighted by atomic mass is 15.1. The first-order valence-electron chi connectivity index (χ1n) is 8.73. The molecule has 0 atom stereocenters. The molecule has 0 fully saturated rings. The normalized spacial score (nSPS) is 11.1. The molecule has 0 unspecified atom stereocenters. The van der Waals surface area contributed by atoms with Crippen molar-refractivity contribution in [2.45, 2.75) is 13.8 Å². The topological polar surface area (TPSA) is 28.2 Å². The first kappa shape index (κ1) is 16.5. The van der Waals surface area contributed by atoms with Gasteiger partial charge in [-0.05, 0) is 25.2 Å². The Morgan fingerprint density at radius 3 is 2.38 bits per heavy atom. The van der Waals surface area contributed by atoms with Crippen LogP contribution in [0.15, 0.2) is 60.7 Å². The molecule has 0 saturated heterocycles. The standard InChI is InChI=1S/C21H25N3/c1-3-24(4-2)15-14-22-21-16-20(17-10-6-5-7-11-17)23-19-13-9-8-12-18(19)21/h5-13,16H,3-4,14-15H2,1-2H3,(H,22,23). The molecule has 24 heavy (non-hydrogen) atoms. The number of hydrogen-bond donors (Lipinski definition) is 1. The average molecular weight is 319 g/mol. The third-order valence-electron chi connectivity index (χ3n) is 4.42. The third kappa shape index (κ3) is 3.74. The van der Waals surface area contributed by atoms with E-state index in [-0.39, 0.29) is 0 Å². The lowest BCUT2D eigenvalue weighted by atomic mass is 10.1. The number of hydrogen-bond acceptors (Lipinski definition) is 3. The van der Waals surface area contributed by atoms with Crippen molar-refractivity contribution in [2.75, 3.05) is 31.5 Å². The average Bonchev–Trinajstić information content (AvgIpc) is 2.65. The van der Waals surface area contributed by atoms with E-state index in [1.807, 2.05) is 12.1 Å². The summed E-state index contributed by atoms with van der Waals surface area (Å²) in [6, 6.07) is 20.9. The van der Waals surface area contributed by atoms with E-state index in [2.05, 4.69) is 72.6 Å². The number of benzene rings is 2. The molecule has 0 spiro atoms. The van der Waals surface area contributed by atoms with Gasteiger partial charge in [0.05, 0.1) is 11.2 Å². The fraction of sp³-hybridized carbons (Fsp3) is 0.286. The van der Waals surface area contributed by atoms with Gasteiger partial charge in [0, 0.05) is 29.7 Å². The molecule has 0 bridgehead atoms. The number of fused-ring (bicyclic) bond motifs is 1. The summed E-state index contributed by atoms with van der Waals surface area (Å²) in [5.41, 5.74) is 4.35. The fourth-order valence-corrected chi connectivity index (χ4v) is 2.97. The van der Waals surface area contributed by atoms with E-state index in [1.54, 1.807) is 0 Å². The number of para-hydroxylation sites is 1. The van der Waals surface area contributed by atoms with Gasteiger partial charge < -0.3 is 10.2 Å². The second kappa shape index (κ2) is 7.93. The van der Waals surface area contributed by atoms with E-state index < -0.39 is 0 Å². The summed E-state index contributed by atoms with van der Waals surface area (Å²) in [6.07, 6.45) is 0. The largest absolute Gasteiger partial charge is 0.383 e. The molecule has 124 valence electrons. The molecule has 0 saturated carbocycles. The molecule has 2 aromatic carbocycles. The van der Waals surface area contributed by atoms with Crippen molar-refractivity contribution < 1.29 is 0 Å². The molecule has 0 radical (unpaired) electrons. The zero-order valence-corrected chi connectivity index (χ0v) is 14.5. The van der Waals surface area contributed by atoms with Crippen molar-refractivity contribution in [1.29, 1.82) is 0 Å². The Morgan fingerprint density at radius 2 is 1.62 bits per heavy atom. The first-order chi connectivity index (χ1) is 11.8. The monoisotopic (exact) mass is 319 g/mol. The minimum absolute atomic E-state index is 0.934. The second-order valence-corrected chi connectivity index (χ2v) is 5.89. The number of anilines is 1. The highest BCUT2D eigenvalue weighted by Gasteiger charge is 2.07. The van der Waals surface area contributed by atoms with Gasteiger partial charge in [-0.2, -0.15) is 0 Å². The number of aromatic nitrogens is 1. The molecule has 0 aliphatic heterocycles. The van der Waals surface area contributed by atoms with Gasteiger partial charge in [0.15, 0.2) is 0 Å². The Bertz CT molecular complexity index is 779. The van der Waals surface area contributed by atoms with Crippen LogP contribution in [0.2, 0.25) is 0 Å². The summed E-state index contributed by atoms with van der Waals surface area (Å²) in [5, 5.41) is 4.79. The van der Waals surface area contributed by atoms with E-state index in [0.29, 0.717) is 0 Å². The van der Waals surface area contributed by atoms with Gasteiger partial charge in [-0.25, -0.2) is 4.98 Å². The van der Waals surface area contributed by atoms with E-state index >= 15 is 0 Å². The highest BCUT2D eigenvalue weighted by molar-refractivity contribution is 5.93. The zero-order chi connectivity index (χ0) is 16.8. The lowest BCUT2D eigenvalue weighted by Crippen LogP contribution is -2.28. The van der Waals surface area contributed by atoms with Crippen LogP contribution in [-0.2, 0) is 0 Å². The summed E-state index contributed by atoms with van der Waals surface area (Å²) in [5.74, 6) is 0. The summed E-state index contributed by atoms with van der Waals surface area (Å²) in [4.78, 5) is 7.26. The molecule has 3 aromatic rings.